The molecule has 1 saturated heterocycles. The van der Waals surface area contributed by atoms with E-state index in [9.17, 15) is 9.59 Å². The fourth-order valence-corrected chi connectivity index (χ4v) is 4.51. The molecule has 1 fully saturated rings. The van der Waals surface area contributed by atoms with Gasteiger partial charge in [-0.05, 0) is 30.2 Å². The van der Waals surface area contributed by atoms with Crippen molar-refractivity contribution in [2.45, 2.75) is 31.3 Å². The number of halogens is 1. The van der Waals surface area contributed by atoms with Gasteiger partial charge in [0.25, 0.3) is 5.91 Å². The number of carbonyl (C=O) groups excluding carboxylic acids is 2. The van der Waals surface area contributed by atoms with Gasteiger partial charge in [0.05, 0.1) is 16.0 Å². The van der Waals surface area contributed by atoms with Gasteiger partial charge in [-0.15, -0.1) is 11.8 Å². The Labute approximate surface area is 162 Å². The average molecular weight is 390 g/mol. The normalized spacial score (nSPS) is 19.4. The minimum atomic E-state index is -0.509. The van der Waals surface area contributed by atoms with Crippen molar-refractivity contribution < 1.29 is 9.59 Å². The highest BCUT2D eigenvalue weighted by atomic mass is 35.5. The summed E-state index contributed by atoms with van der Waals surface area (Å²) in [7, 11) is 0. The van der Waals surface area contributed by atoms with Gasteiger partial charge in [-0.25, -0.2) is 0 Å². The predicted octanol–water partition coefficient (Wildman–Crippen LogP) is 3.35. The van der Waals surface area contributed by atoms with Crippen LogP contribution in [0.5, 0.6) is 0 Å². The number of aromatic nitrogens is 1. The van der Waals surface area contributed by atoms with Gasteiger partial charge in [0.2, 0.25) is 5.91 Å². The van der Waals surface area contributed by atoms with Crippen molar-refractivity contribution in [3.8, 4) is 0 Å². The van der Waals surface area contributed by atoms with E-state index in [0.29, 0.717) is 22.9 Å². The van der Waals surface area contributed by atoms with Gasteiger partial charge < -0.3 is 10.2 Å². The van der Waals surface area contributed by atoms with E-state index in [1.54, 1.807) is 53.3 Å². The molecule has 2 heterocycles. The van der Waals surface area contributed by atoms with E-state index in [1.807, 2.05) is 19.1 Å². The van der Waals surface area contributed by atoms with E-state index in [2.05, 4.69) is 10.3 Å². The summed E-state index contributed by atoms with van der Waals surface area (Å²) < 4.78 is 0. The summed E-state index contributed by atoms with van der Waals surface area (Å²) in [5.41, 5.74) is 1.35. The Morgan fingerprint density at radius 1 is 1.31 bits per heavy atom. The number of carbonyl (C=O) groups is 2. The van der Waals surface area contributed by atoms with E-state index in [4.69, 9.17) is 11.6 Å². The molecule has 1 aromatic heterocycles. The average Bonchev–Trinajstić information content (AvgIpc) is 3.11. The molecule has 1 N–H and O–H groups in total. The number of thioether (sulfide) groups is 1. The molecule has 2 unspecified atom stereocenters. The van der Waals surface area contributed by atoms with Crippen molar-refractivity contribution in [3.05, 3.63) is 64.9 Å². The van der Waals surface area contributed by atoms with Crippen LogP contribution in [-0.4, -0.2) is 38.9 Å². The number of rotatable bonds is 5. The Morgan fingerprint density at radius 3 is 2.81 bits per heavy atom. The molecule has 0 radical (unpaired) electrons. The molecule has 7 heteroatoms. The number of pyridine rings is 1. The van der Waals surface area contributed by atoms with Crippen LogP contribution in [-0.2, 0) is 11.3 Å². The zero-order valence-corrected chi connectivity index (χ0v) is 16.0. The second-order valence-electron chi connectivity index (χ2n) is 5.98. The lowest BCUT2D eigenvalue weighted by Gasteiger charge is -2.28. The van der Waals surface area contributed by atoms with Gasteiger partial charge in [0.1, 0.15) is 6.04 Å². The van der Waals surface area contributed by atoms with Gasteiger partial charge in [0, 0.05) is 24.7 Å². The zero-order chi connectivity index (χ0) is 18.5. The van der Waals surface area contributed by atoms with Crippen LogP contribution in [0.3, 0.4) is 0 Å². The third-order valence-corrected chi connectivity index (χ3v) is 6.06. The summed E-state index contributed by atoms with van der Waals surface area (Å²) in [5.74, 6) is 0.222. The Balaban J connectivity index is 1.76. The maximum Gasteiger partial charge on any atom is 0.256 e. The van der Waals surface area contributed by atoms with E-state index in [0.717, 1.165) is 12.0 Å². The van der Waals surface area contributed by atoms with Crippen molar-refractivity contribution in [3.63, 3.8) is 0 Å². The monoisotopic (exact) mass is 389 g/mol. The molecular weight excluding hydrogens is 370 g/mol. The molecule has 2 atom stereocenters. The summed E-state index contributed by atoms with van der Waals surface area (Å²) in [6.45, 7) is 2.40. The van der Waals surface area contributed by atoms with Crippen molar-refractivity contribution >= 4 is 35.2 Å². The highest BCUT2D eigenvalue weighted by molar-refractivity contribution is 8.00. The summed E-state index contributed by atoms with van der Waals surface area (Å²) in [6.07, 6.45) is 4.17. The number of hydrogen-bond acceptors (Lipinski definition) is 4. The smallest absolute Gasteiger partial charge is 0.256 e. The fourth-order valence-electron chi connectivity index (χ4n) is 2.94. The number of amides is 2. The first kappa shape index (κ1) is 18.7. The van der Waals surface area contributed by atoms with Gasteiger partial charge in [-0.1, -0.05) is 36.7 Å². The van der Waals surface area contributed by atoms with Crippen LogP contribution < -0.4 is 5.32 Å². The second kappa shape index (κ2) is 8.56. The minimum absolute atomic E-state index is 0.0343. The van der Waals surface area contributed by atoms with E-state index < -0.39 is 6.04 Å². The Bertz CT molecular complexity index is 787. The summed E-state index contributed by atoms with van der Waals surface area (Å²) in [4.78, 5) is 31.5. The first-order valence-corrected chi connectivity index (χ1v) is 9.90. The lowest BCUT2D eigenvalue weighted by molar-refractivity contribution is -0.125. The van der Waals surface area contributed by atoms with Crippen molar-refractivity contribution in [2.75, 3.05) is 5.75 Å². The van der Waals surface area contributed by atoms with Crippen molar-refractivity contribution in [1.82, 2.24) is 15.2 Å². The van der Waals surface area contributed by atoms with Gasteiger partial charge >= 0.3 is 0 Å². The standard InChI is InChI=1S/C19H20ClN3O2S/c1-2-17-23(19(25)14-7-3-4-8-15(14)20)16(12-26-17)18(24)22-11-13-6-5-9-21-10-13/h3-10,16-17H,2,11-12H2,1H3,(H,22,24). The third kappa shape index (κ3) is 4.02. The Kier molecular flexibility index (Phi) is 6.16. The topological polar surface area (TPSA) is 62.3 Å². The summed E-state index contributed by atoms with van der Waals surface area (Å²) in [6, 6.07) is 10.2. The molecule has 0 bridgehead atoms. The zero-order valence-electron chi connectivity index (χ0n) is 14.4. The van der Waals surface area contributed by atoms with Crippen LogP contribution in [0.2, 0.25) is 5.02 Å². The largest absolute Gasteiger partial charge is 0.350 e. The molecule has 1 aromatic carbocycles. The molecule has 0 aliphatic carbocycles. The van der Waals surface area contributed by atoms with Gasteiger partial charge in [-0.2, -0.15) is 0 Å². The van der Waals surface area contributed by atoms with Crippen LogP contribution in [0.4, 0.5) is 0 Å². The highest BCUT2D eigenvalue weighted by Gasteiger charge is 2.41. The molecule has 136 valence electrons. The van der Waals surface area contributed by atoms with Crippen LogP contribution in [0.15, 0.2) is 48.8 Å². The number of nitrogens with zero attached hydrogens (tertiary/aromatic N) is 2. The molecule has 2 aromatic rings. The molecule has 26 heavy (non-hydrogen) atoms. The van der Waals surface area contributed by atoms with Crippen LogP contribution in [0, 0.1) is 0 Å². The molecule has 0 saturated carbocycles. The lowest BCUT2D eigenvalue weighted by Crippen LogP contribution is -2.49. The second-order valence-corrected chi connectivity index (χ2v) is 7.60. The van der Waals surface area contributed by atoms with Crippen LogP contribution in [0.1, 0.15) is 29.3 Å². The van der Waals surface area contributed by atoms with Gasteiger partial charge in [-0.3, -0.25) is 14.6 Å². The first-order valence-electron chi connectivity index (χ1n) is 8.47. The highest BCUT2D eigenvalue weighted by Crippen LogP contribution is 2.33. The van der Waals surface area contributed by atoms with E-state index >= 15 is 0 Å². The Morgan fingerprint density at radius 2 is 2.12 bits per heavy atom. The fraction of sp³-hybridized carbons (Fsp3) is 0.316. The first-order chi connectivity index (χ1) is 12.6. The van der Waals surface area contributed by atoms with Crippen LogP contribution in [0.25, 0.3) is 0 Å². The molecule has 1 aliphatic heterocycles. The van der Waals surface area contributed by atoms with Gasteiger partial charge in [0.15, 0.2) is 0 Å². The molecule has 5 nitrogen and oxygen atoms in total. The van der Waals surface area contributed by atoms with Crippen LogP contribution >= 0.6 is 23.4 Å². The van der Waals surface area contributed by atoms with Crippen molar-refractivity contribution in [1.29, 1.82) is 0 Å². The maximum atomic E-state index is 13.1. The van der Waals surface area contributed by atoms with E-state index in [-0.39, 0.29) is 17.2 Å². The predicted molar refractivity (Wildman–Crippen MR) is 104 cm³/mol. The summed E-state index contributed by atoms with van der Waals surface area (Å²) >= 11 is 7.82. The SMILES string of the molecule is CCC1SCC(C(=O)NCc2cccnc2)N1C(=O)c1ccccc1Cl. The maximum absolute atomic E-state index is 13.1. The number of nitrogens with one attached hydrogen (secondary N) is 1. The molecule has 2 amide bonds. The minimum Gasteiger partial charge on any atom is -0.350 e. The quantitative estimate of drug-likeness (QED) is 0.851. The number of hydrogen-bond donors (Lipinski definition) is 1. The lowest BCUT2D eigenvalue weighted by atomic mass is 10.1. The van der Waals surface area contributed by atoms with Crippen molar-refractivity contribution in [2.24, 2.45) is 0 Å². The molecule has 0 spiro atoms. The molecule has 1 aliphatic rings. The Hall–Kier alpha value is -2.05. The third-order valence-electron chi connectivity index (χ3n) is 4.27. The van der Waals surface area contributed by atoms with E-state index in [1.165, 1.54) is 0 Å². The molecule has 3 rings (SSSR count). The summed E-state index contributed by atoms with van der Waals surface area (Å²) in [5, 5.41) is 3.28. The number of benzene rings is 1. The molecular formula is C19H20ClN3O2S.